The van der Waals surface area contributed by atoms with Gasteiger partial charge in [-0.25, -0.2) is 0 Å². The number of methoxy groups -OCH3 is 1. The van der Waals surface area contributed by atoms with E-state index in [9.17, 15) is 0 Å². The Morgan fingerprint density at radius 1 is 1.50 bits per heavy atom. The van der Waals surface area contributed by atoms with Gasteiger partial charge in [0, 0.05) is 19.7 Å². The maximum absolute atomic E-state index is 5.39. The lowest BCUT2D eigenvalue weighted by Crippen LogP contribution is -2.15. The molecule has 0 aliphatic heterocycles. The van der Waals surface area contributed by atoms with Crippen LogP contribution in [0.5, 0.6) is 0 Å². The molecule has 1 unspecified atom stereocenters. The van der Waals surface area contributed by atoms with Gasteiger partial charge in [-0.3, -0.25) is 5.10 Å². The molecule has 3 nitrogen and oxygen atoms in total. The summed E-state index contributed by atoms with van der Waals surface area (Å²) >= 11 is 0. The highest BCUT2D eigenvalue weighted by molar-refractivity contribution is 5.66. The molecule has 1 heterocycles. The molecule has 14 heavy (non-hydrogen) atoms. The Morgan fingerprint density at radius 2 is 2.36 bits per heavy atom. The molecule has 1 atom stereocenters. The number of H-pyrrole nitrogens is 1. The van der Waals surface area contributed by atoms with Crippen molar-refractivity contribution >= 4 is 5.57 Å². The van der Waals surface area contributed by atoms with Gasteiger partial charge in [0.1, 0.15) is 0 Å². The number of rotatable bonds is 2. The Hall–Kier alpha value is -1.35. The minimum absolute atomic E-state index is 0.207. The third-order valence-corrected chi connectivity index (χ3v) is 2.59. The van der Waals surface area contributed by atoms with Gasteiger partial charge in [-0.2, -0.15) is 5.10 Å². The fraction of sp³-hybridized carbons (Fsp3) is 0.364. The maximum atomic E-state index is 5.39. The SMILES string of the molecule is COC1CC(c2ccn[nH]2)=CC=C1C. The van der Waals surface area contributed by atoms with Crippen LogP contribution in [0, 0.1) is 0 Å². The highest BCUT2D eigenvalue weighted by Crippen LogP contribution is 2.26. The van der Waals surface area contributed by atoms with Crippen molar-refractivity contribution in [2.45, 2.75) is 19.4 Å². The molecule has 0 radical (unpaired) electrons. The van der Waals surface area contributed by atoms with Crippen LogP contribution in [0.15, 0.2) is 30.0 Å². The third kappa shape index (κ3) is 1.63. The average Bonchev–Trinajstić information content (AvgIpc) is 2.71. The van der Waals surface area contributed by atoms with Crippen LogP contribution >= 0.6 is 0 Å². The summed E-state index contributed by atoms with van der Waals surface area (Å²) in [4.78, 5) is 0. The first kappa shape index (κ1) is 9.21. The van der Waals surface area contributed by atoms with Gasteiger partial charge in [0.25, 0.3) is 0 Å². The van der Waals surface area contributed by atoms with Crippen molar-refractivity contribution in [3.05, 3.63) is 35.7 Å². The monoisotopic (exact) mass is 190 g/mol. The first-order valence-corrected chi connectivity index (χ1v) is 4.71. The number of hydrogen-bond acceptors (Lipinski definition) is 2. The second-order valence-electron chi connectivity index (χ2n) is 3.50. The molecular weight excluding hydrogens is 176 g/mol. The number of aromatic amines is 1. The lowest BCUT2D eigenvalue weighted by molar-refractivity contribution is 0.135. The van der Waals surface area contributed by atoms with Crippen LogP contribution in [0.25, 0.3) is 5.57 Å². The number of hydrogen-bond donors (Lipinski definition) is 1. The minimum atomic E-state index is 0.207. The number of ether oxygens (including phenoxy) is 1. The van der Waals surface area contributed by atoms with E-state index in [-0.39, 0.29) is 6.10 Å². The molecule has 1 N–H and O–H groups in total. The van der Waals surface area contributed by atoms with Gasteiger partial charge in [0.15, 0.2) is 0 Å². The molecule has 74 valence electrons. The van der Waals surface area contributed by atoms with Crippen molar-refractivity contribution in [1.29, 1.82) is 0 Å². The van der Waals surface area contributed by atoms with Gasteiger partial charge in [0.2, 0.25) is 0 Å². The van der Waals surface area contributed by atoms with E-state index in [2.05, 4.69) is 29.3 Å². The molecule has 2 rings (SSSR count). The zero-order valence-electron chi connectivity index (χ0n) is 8.45. The van der Waals surface area contributed by atoms with E-state index in [4.69, 9.17) is 4.74 Å². The summed E-state index contributed by atoms with van der Waals surface area (Å²) in [6, 6.07) is 1.98. The quantitative estimate of drug-likeness (QED) is 0.776. The van der Waals surface area contributed by atoms with Gasteiger partial charge >= 0.3 is 0 Å². The molecule has 1 aliphatic rings. The van der Waals surface area contributed by atoms with Crippen LogP contribution < -0.4 is 0 Å². The topological polar surface area (TPSA) is 37.9 Å². The van der Waals surface area contributed by atoms with Crippen molar-refractivity contribution in [2.24, 2.45) is 0 Å². The predicted octanol–water partition coefficient (Wildman–Crippen LogP) is 2.16. The van der Waals surface area contributed by atoms with Crippen molar-refractivity contribution < 1.29 is 4.74 Å². The molecule has 1 aromatic heterocycles. The number of nitrogens with one attached hydrogen (secondary N) is 1. The van der Waals surface area contributed by atoms with Gasteiger partial charge in [-0.1, -0.05) is 12.2 Å². The Morgan fingerprint density at radius 3 is 3.00 bits per heavy atom. The molecule has 0 fully saturated rings. The molecule has 1 aliphatic carbocycles. The third-order valence-electron chi connectivity index (χ3n) is 2.59. The Bertz CT molecular complexity index is 363. The van der Waals surface area contributed by atoms with Crippen LogP contribution in [-0.4, -0.2) is 23.4 Å². The summed E-state index contributed by atoms with van der Waals surface area (Å²) in [6.45, 7) is 2.09. The lowest BCUT2D eigenvalue weighted by atomic mass is 9.94. The Kier molecular flexibility index (Phi) is 2.50. The molecule has 0 saturated heterocycles. The van der Waals surface area contributed by atoms with E-state index in [0.29, 0.717) is 0 Å². The van der Waals surface area contributed by atoms with E-state index in [1.807, 2.05) is 6.07 Å². The van der Waals surface area contributed by atoms with Crippen molar-refractivity contribution in [2.75, 3.05) is 7.11 Å². The number of nitrogens with zero attached hydrogens (tertiary/aromatic N) is 1. The summed E-state index contributed by atoms with van der Waals surface area (Å²) in [6.07, 6.45) is 7.12. The largest absolute Gasteiger partial charge is 0.377 e. The molecule has 3 heteroatoms. The lowest BCUT2D eigenvalue weighted by Gasteiger charge is -2.20. The molecule has 0 bridgehead atoms. The zero-order valence-corrected chi connectivity index (χ0v) is 8.45. The fourth-order valence-corrected chi connectivity index (χ4v) is 1.67. The predicted molar refractivity (Wildman–Crippen MR) is 55.7 cm³/mol. The highest BCUT2D eigenvalue weighted by Gasteiger charge is 2.17. The van der Waals surface area contributed by atoms with E-state index in [1.165, 1.54) is 11.1 Å². The number of aromatic nitrogens is 2. The van der Waals surface area contributed by atoms with Gasteiger partial charge in [-0.15, -0.1) is 0 Å². The van der Waals surface area contributed by atoms with Crippen molar-refractivity contribution in [3.63, 3.8) is 0 Å². The highest BCUT2D eigenvalue weighted by atomic mass is 16.5. The van der Waals surface area contributed by atoms with Crippen LogP contribution in [0.4, 0.5) is 0 Å². The maximum Gasteiger partial charge on any atom is 0.0822 e. The summed E-state index contributed by atoms with van der Waals surface area (Å²) in [5, 5.41) is 6.90. The smallest absolute Gasteiger partial charge is 0.0822 e. The van der Waals surface area contributed by atoms with Gasteiger partial charge in [0.05, 0.1) is 11.8 Å². The Labute approximate surface area is 83.5 Å². The second kappa shape index (κ2) is 3.80. The Balaban J connectivity index is 2.24. The first-order valence-electron chi connectivity index (χ1n) is 4.71. The summed E-state index contributed by atoms with van der Waals surface area (Å²) in [5.74, 6) is 0. The van der Waals surface area contributed by atoms with Crippen LogP contribution in [0.3, 0.4) is 0 Å². The standard InChI is InChI=1S/C11H14N2O/c1-8-3-4-9(7-11(8)14-2)10-5-6-12-13-10/h3-6,11H,7H2,1-2H3,(H,12,13). The molecule has 0 spiro atoms. The van der Waals surface area contributed by atoms with Crippen molar-refractivity contribution in [3.8, 4) is 0 Å². The molecular formula is C11H14N2O. The van der Waals surface area contributed by atoms with E-state index < -0.39 is 0 Å². The normalized spacial score (nSPS) is 21.7. The van der Waals surface area contributed by atoms with E-state index in [0.717, 1.165) is 12.1 Å². The zero-order chi connectivity index (χ0) is 9.97. The summed E-state index contributed by atoms with van der Waals surface area (Å²) < 4.78 is 5.39. The average molecular weight is 190 g/mol. The first-order chi connectivity index (χ1) is 6.81. The van der Waals surface area contributed by atoms with Crippen LogP contribution in [0.1, 0.15) is 19.0 Å². The van der Waals surface area contributed by atoms with E-state index >= 15 is 0 Å². The molecule has 0 aromatic carbocycles. The van der Waals surface area contributed by atoms with Gasteiger partial charge < -0.3 is 4.74 Å². The van der Waals surface area contributed by atoms with Crippen LogP contribution in [-0.2, 0) is 4.74 Å². The molecule has 0 amide bonds. The van der Waals surface area contributed by atoms with E-state index in [1.54, 1.807) is 13.3 Å². The number of allylic oxidation sites excluding steroid dienone is 2. The molecule has 0 saturated carbocycles. The fourth-order valence-electron chi connectivity index (χ4n) is 1.67. The van der Waals surface area contributed by atoms with Crippen LogP contribution in [0.2, 0.25) is 0 Å². The van der Waals surface area contributed by atoms with Crippen molar-refractivity contribution in [1.82, 2.24) is 10.2 Å². The molecule has 1 aromatic rings. The minimum Gasteiger partial charge on any atom is -0.377 e. The van der Waals surface area contributed by atoms with Gasteiger partial charge in [-0.05, 0) is 24.1 Å². The summed E-state index contributed by atoms with van der Waals surface area (Å²) in [7, 11) is 1.75. The second-order valence-corrected chi connectivity index (χ2v) is 3.50. The summed E-state index contributed by atoms with van der Waals surface area (Å²) in [5.41, 5.74) is 3.60.